The highest BCUT2D eigenvalue weighted by molar-refractivity contribution is 4.67. The van der Waals surface area contributed by atoms with E-state index in [1.807, 2.05) is 0 Å². The van der Waals surface area contributed by atoms with Crippen LogP contribution in [0, 0.1) is 0 Å². The summed E-state index contributed by atoms with van der Waals surface area (Å²) >= 11 is 0. The minimum Gasteiger partial charge on any atom is -0.355 e. The predicted octanol–water partition coefficient (Wildman–Crippen LogP) is 2.31. The lowest BCUT2D eigenvalue weighted by molar-refractivity contribution is -0.137. The fourth-order valence-electron chi connectivity index (χ4n) is 1.80. The second-order valence-corrected chi connectivity index (χ2v) is 4.41. The quantitative estimate of drug-likeness (QED) is 0.661. The lowest BCUT2D eigenvalue weighted by Gasteiger charge is -2.24. The molecular formula is C12H25NO2. The predicted molar refractivity (Wildman–Crippen MR) is 61.9 cm³/mol. The number of unbranched alkanes of at least 4 members (excludes halogenated alkanes) is 2. The van der Waals surface area contributed by atoms with Gasteiger partial charge >= 0.3 is 0 Å². The first-order valence-electron chi connectivity index (χ1n) is 6.25. The van der Waals surface area contributed by atoms with E-state index in [1.54, 1.807) is 0 Å². The fourth-order valence-corrected chi connectivity index (χ4v) is 1.80. The van der Waals surface area contributed by atoms with Crippen molar-refractivity contribution in [3.63, 3.8) is 0 Å². The second-order valence-electron chi connectivity index (χ2n) is 4.41. The van der Waals surface area contributed by atoms with Gasteiger partial charge in [0.25, 0.3) is 0 Å². The Hall–Kier alpha value is -0.120. The van der Waals surface area contributed by atoms with Crippen LogP contribution in [0.1, 0.15) is 46.0 Å². The van der Waals surface area contributed by atoms with Crippen molar-refractivity contribution in [3.05, 3.63) is 0 Å². The van der Waals surface area contributed by atoms with E-state index in [4.69, 9.17) is 9.47 Å². The lowest BCUT2D eigenvalue weighted by atomic mass is 10.1. The maximum absolute atomic E-state index is 5.47. The molecule has 1 rings (SSSR count). The first-order valence-corrected chi connectivity index (χ1v) is 6.25. The Morgan fingerprint density at radius 3 is 2.93 bits per heavy atom. The minimum atomic E-state index is 0.354. The molecule has 0 saturated carbocycles. The molecule has 0 amide bonds. The molecule has 0 radical (unpaired) electrons. The third-order valence-electron chi connectivity index (χ3n) is 2.91. The molecule has 0 aromatic rings. The molecule has 2 atom stereocenters. The zero-order valence-corrected chi connectivity index (χ0v) is 10.1. The van der Waals surface area contributed by atoms with Gasteiger partial charge in [-0.2, -0.15) is 0 Å². The summed E-state index contributed by atoms with van der Waals surface area (Å²) in [7, 11) is 0. The van der Waals surface area contributed by atoms with Crippen molar-refractivity contribution in [2.24, 2.45) is 0 Å². The van der Waals surface area contributed by atoms with Gasteiger partial charge < -0.3 is 14.8 Å². The molecule has 0 aromatic heterocycles. The smallest absolute Gasteiger partial charge is 0.147 e. The molecule has 0 bridgehead atoms. The zero-order valence-electron chi connectivity index (χ0n) is 10.1. The van der Waals surface area contributed by atoms with Gasteiger partial charge in [-0.15, -0.1) is 0 Å². The SMILES string of the molecule is CCCCCC(C)NCC1CCOCO1. The van der Waals surface area contributed by atoms with Gasteiger partial charge in [0.05, 0.1) is 12.7 Å². The topological polar surface area (TPSA) is 30.5 Å². The van der Waals surface area contributed by atoms with Crippen LogP contribution < -0.4 is 5.32 Å². The molecule has 3 nitrogen and oxygen atoms in total. The largest absolute Gasteiger partial charge is 0.355 e. The van der Waals surface area contributed by atoms with Gasteiger partial charge in [-0.1, -0.05) is 26.2 Å². The summed E-state index contributed by atoms with van der Waals surface area (Å²) in [4.78, 5) is 0. The highest BCUT2D eigenvalue weighted by Crippen LogP contribution is 2.06. The van der Waals surface area contributed by atoms with E-state index in [0.29, 0.717) is 18.9 Å². The van der Waals surface area contributed by atoms with Crippen molar-refractivity contribution in [1.82, 2.24) is 5.32 Å². The van der Waals surface area contributed by atoms with Gasteiger partial charge in [0.15, 0.2) is 0 Å². The van der Waals surface area contributed by atoms with Crippen LogP contribution >= 0.6 is 0 Å². The molecule has 1 aliphatic heterocycles. The first-order chi connectivity index (χ1) is 7.33. The standard InChI is InChI=1S/C12H25NO2/c1-3-4-5-6-11(2)13-9-12-7-8-14-10-15-12/h11-13H,3-10H2,1-2H3. The fraction of sp³-hybridized carbons (Fsp3) is 1.00. The van der Waals surface area contributed by atoms with Crippen molar-refractivity contribution >= 4 is 0 Å². The van der Waals surface area contributed by atoms with E-state index in [1.165, 1.54) is 25.7 Å². The molecule has 1 fully saturated rings. The molecular weight excluding hydrogens is 190 g/mol. The molecule has 3 heteroatoms. The molecule has 1 heterocycles. The molecule has 1 N–H and O–H groups in total. The molecule has 1 aliphatic rings. The summed E-state index contributed by atoms with van der Waals surface area (Å²) in [6, 6.07) is 0.614. The van der Waals surface area contributed by atoms with E-state index >= 15 is 0 Å². The Labute approximate surface area is 93.5 Å². The van der Waals surface area contributed by atoms with Crippen molar-refractivity contribution < 1.29 is 9.47 Å². The summed E-state index contributed by atoms with van der Waals surface area (Å²) in [5, 5.41) is 3.53. The van der Waals surface area contributed by atoms with Crippen LogP contribution in [-0.4, -0.2) is 32.1 Å². The van der Waals surface area contributed by atoms with Gasteiger partial charge in [-0.25, -0.2) is 0 Å². The third kappa shape index (κ3) is 6.13. The van der Waals surface area contributed by atoms with Crippen LogP contribution in [-0.2, 0) is 9.47 Å². The van der Waals surface area contributed by atoms with Crippen LogP contribution in [0.4, 0.5) is 0 Å². The summed E-state index contributed by atoms with van der Waals surface area (Å²) < 4.78 is 10.6. The highest BCUT2D eigenvalue weighted by Gasteiger charge is 2.14. The van der Waals surface area contributed by atoms with Crippen LogP contribution in [0.3, 0.4) is 0 Å². The highest BCUT2D eigenvalue weighted by atomic mass is 16.7. The lowest BCUT2D eigenvalue weighted by Crippen LogP contribution is -2.38. The molecule has 2 unspecified atom stereocenters. The Kier molecular flexibility index (Phi) is 6.98. The van der Waals surface area contributed by atoms with Crippen molar-refractivity contribution in [2.75, 3.05) is 19.9 Å². The maximum atomic E-state index is 5.47. The monoisotopic (exact) mass is 215 g/mol. The van der Waals surface area contributed by atoms with Gasteiger partial charge in [-0.3, -0.25) is 0 Å². The van der Waals surface area contributed by atoms with E-state index in [-0.39, 0.29) is 0 Å². The number of rotatable bonds is 7. The first kappa shape index (κ1) is 12.9. The molecule has 1 saturated heterocycles. The van der Waals surface area contributed by atoms with Gasteiger partial charge in [-0.05, 0) is 19.8 Å². The van der Waals surface area contributed by atoms with Crippen molar-refractivity contribution in [3.8, 4) is 0 Å². The van der Waals surface area contributed by atoms with Crippen LogP contribution in [0.5, 0.6) is 0 Å². The molecule has 15 heavy (non-hydrogen) atoms. The van der Waals surface area contributed by atoms with E-state index < -0.39 is 0 Å². The van der Waals surface area contributed by atoms with E-state index in [9.17, 15) is 0 Å². The van der Waals surface area contributed by atoms with Crippen LogP contribution in [0.15, 0.2) is 0 Å². The van der Waals surface area contributed by atoms with Crippen molar-refractivity contribution in [2.45, 2.75) is 58.1 Å². The van der Waals surface area contributed by atoms with E-state index in [0.717, 1.165) is 19.6 Å². The maximum Gasteiger partial charge on any atom is 0.147 e. The number of ether oxygens (including phenoxy) is 2. The van der Waals surface area contributed by atoms with Gasteiger partial charge in [0.2, 0.25) is 0 Å². The Morgan fingerprint density at radius 2 is 2.27 bits per heavy atom. The second kappa shape index (κ2) is 8.08. The minimum absolute atomic E-state index is 0.354. The van der Waals surface area contributed by atoms with Crippen molar-refractivity contribution in [1.29, 1.82) is 0 Å². The Bertz CT molecular complexity index is 147. The zero-order chi connectivity index (χ0) is 10.9. The molecule has 0 aromatic carbocycles. The molecule has 0 aliphatic carbocycles. The Balaban J connectivity index is 1.97. The normalized spacial score (nSPS) is 24.0. The Morgan fingerprint density at radius 1 is 1.40 bits per heavy atom. The summed E-state index contributed by atoms with van der Waals surface area (Å²) in [6.45, 7) is 6.78. The number of hydrogen-bond donors (Lipinski definition) is 1. The van der Waals surface area contributed by atoms with Crippen LogP contribution in [0.2, 0.25) is 0 Å². The van der Waals surface area contributed by atoms with Gasteiger partial charge in [0, 0.05) is 12.6 Å². The molecule has 0 spiro atoms. The average Bonchev–Trinajstić information content (AvgIpc) is 2.28. The summed E-state index contributed by atoms with van der Waals surface area (Å²) in [5.41, 5.74) is 0. The average molecular weight is 215 g/mol. The number of nitrogens with one attached hydrogen (secondary N) is 1. The van der Waals surface area contributed by atoms with Crippen LogP contribution in [0.25, 0.3) is 0 Å². The summed E-state index contributed by atoms with van der Waals surface area (Å²) in [6.07, 6.45) is 6.63. The number of hydrogen-bond acceptors (Lipinski definition) is 3. The summed E-state index contributed by atoms with van der Waals surface area (Å²) in [5.74, 6) is 0. The molecule has 90 valence electrons. The van der Waals surface area contributed by atoms with Gasteiger partial charge in [0.1, 0.15) is 6.79 Å². The van der Waals surface area contributed by atoms with E-state index in [2.05, 4.69) is 19.2 Å². The third-order valence-corrected chi connectivity index (χ3v) is 2.91.